The Morgan fingerprint density at radius 2 is 2.27 bits per heavy atom. The lowest BCUT2D eigenvalue weighted by Crippen LogP contribution is -1.88. The molecule has 0 aliphatic heterocycles. The molecule has 0 atom stereocenters. The lowest BCUT2D eigenvalue weighted by molar-refractivity contribution is 0.415. The molecular weight excluding hydrogens is 215 g/mol. The zero-order chi connectivity index (χ0) is 10.8. The van der Waals surface area contributed by atoms with Crippen molar-refractivity contribution >= 4 is 16.3 Å². The fraction of sp³-hybridized carbons (Fsp3) is 0.100. The SMILES string of the molecule is COc1ccc(F)cc1-c1ncc(N)s1. The van der Waals surface area contributed by atoms with E-state index in [1.165, 1.54) is 30.6 Å². The van der Waals surface area contributed by atoms with E-state index in [4.69, 9.17) is 10.5 Å². The molecule has 0 saturated heterocycles. The van der Waals surface area contributed by atoms with E-state index < -0.39 is 0 Å². The zero-order valence-electron chi connectivity index (χ0n) is 8.03. The lowest BCUT2D eigenvalue weighted by atomic mass is 10.2. The van der Waals surface area contributed by atoms with Crippen molar-refractivity contribution in [3.05, 3.63) is 30.2 Å². The summed E-state index contributed by atoms with van der Waals surface area (Å²) in [7, 11) is 1.54. The van der Waals surface area contributed by atoms with Crippen molar-refractivity contribution in [3.8, 4) is 16.3 Å². The smallest absolute Gasteiger partial charge is 0.129 e. The number of nitrogens with two attached hydrogens (primary N) is 1. The van der Waals surface area contributed by atoms with Crippen molar-refractivity contribution in [1.82, 2.24) is 4.98 Å². The number of halogens is 1. The maximum atomic E-state index is 13.1. The Bertz CT molecular complexity index is 484. The summed E-state index contributed by atoms with van der Waals surface area (Å²) in [6.07, 6.45) is 1.55. The highest BCUT2D eigenvalue weighted by atomic mass is 32.1. The van der Waals surface area contributed by atoms with Gasteiger partial charge in [0.05, 0.1) is 18.9 Å². The highest BCUT2D eigenvalue weighted by Gasteiger charge is 2.10. The Morgan fingerprint density at radius 3 is 2.87 bits per heavy atom. The van der Waals surface area contributed by atoms with Crippen molar-refractivity contribution in [2.24, 2.45) is 0 Å². The number of ether oxygens (including phenoxy) is 1. The molecule has 0 radical (unpaired) electrons. The molecule has 0 saturated carbocycles. The van der Waals surface area contributed by atoms with Crippen LogP contribution in [0, 0.1) is 5.82 Å². The molecule has 0 aliphatic rings. The van der Waals surface area contributed by atoms with Crippen LogP contribution in [0.4, 0.5) is 9.39 Å². The van der Waals surface area contributed by atoms with Gasteiger partial charge in [0.2, 0.25) is 0 Å². The Balaban J connectivity index is 2.55. The van der Waals surface area contributed by atoms with Crippen LogP contribution < -0.4 is 10.5 Å². The molecule has 3 nitrogen and oxygen atoms in total. The molecule has 0 fully saturated rings. The topological polar surface area (TPSA) is 48.1 Å². The van der Waals surface area contributed by atoms with E-state index in [-0.39, 0.29) is 5.82 Å². The summed E-state index contributed by atoms with van der Waals surface area (Å²) in [5.41, 5.74) is 6.19. The predicted octanol–water partition coefficient (Wildman–Crippen LogP) is 2.54. The number of thiazole rings is 1. The summed E-state index contributed by atoms with van der Waals surface area (Å²) in [6, 6.07) is 4.30. The van der Waals surface area contributed by atoms with Gasteiger partial charge in [-0.25, -0.2) is 9.37 Å². The van der Waals surface area contributed by atoms with E-state index in [0.29, 0.717) is 21.3 Å². The van der Waals surface area contributed by atoms with E-state index in [1.54, 1.807) is 12.3 Å². The van der Waals surface area contributed by atoms with Gasteiger partial charge in [-0.05, 0) is 18.2 Å². The molecule has 0 bridgehead atoms. The third-order valence-corrected chi connectivity index (χ3v) is 2.78. The van der Waals surface area contributed by atoms with Crippen molar-refractivity contribution in [2.75, 3.05) is 12.8 Å². The van der Waals surface area contributed by atoms with Crippen LogP contribution >= 0.6 is 11.3 Å². The summed E-state index contributed by atoms with van der Waals surface area (Å²) < 4.78 is 18.2. The van der Waals surface area contributed by atoms with Crippen LogP contribution in [0.15, 0.2) is 24.4 Å². The Labute approximate surface area is 90.3 Å². The molecular formula is C10H9FN2OS. The molecule has 0 spiro atoms. The minimum absolute atomic E-state index is 0.320. The maximum absolute atomic E-state index is 13.1. The molecule has 1 heterocycles. The van der Waals surface area contributed by atoms with Crippen LogP contribution in [0.5, 0.6) is 5.75 Å². The molecule has 1 aromatic carbocycles. The first-order valence-corrected chi connectivity index (χ1v) is 5.07. The van der Waals surface area contributed by atoms with Crippen molar-refractivity contribution < 1.29 is 9.13 Å². The highest BCUT2D eigenvalue weighted by molar-refractivity contribution is 7.18. The molecule has 2 rings (SSSR count). The Morgan fingerprint density at radius 1 is 1.47 bits per heavy atom. The lowest BCUT2D eigenvalue weighted by Gasteiger charge is -2.05. The number of methoxy groups -OCH3 is 1. The van der Waals surface area contributed by atoms with Crippen molar-refractivity contribution in [2.45, 2.75) is 0 Å². The zero-order valence-corrected chi connectivity index (χ0v) is 8.84. The number of anilines is 1. The summed E-state index contributed by atoms with van der Waals surface area (Å²) in [5.74, 6) is 0.269. The highest BCUT2D eigenvalue weighted by Crippen LogP contribution is 2.34. The van der Waals surface area contributed by atoms with Gasteiger partial charge in [-0.1, -0.05) is 11.3 Å². The molecule has 5 heteroatoms. The number of benzene rings is 1. The molecule has 1 aromatic heterocycles. The average molecular weight is 224 g/mol. The third-order valence-electron chi connectivity index (χ3n) is 1.92. The summed E-state index contributed by atoms with van der Waals surface area (Å²) >= 11 is 1.30. The first kappa shape index (κ1) is 9.92. The molecule has 15 heavy (non-hydrogen) atoms. The maximum Gasteiger partial charge on any atom is 0.129 e. The monoisotopic (exact) mass is 224 g/mol. The Kier molecular flexibility index (Phi) is 2.55. The molecule has 2 N–H and O–H groups in total. The number of hydrogen-bond acceptors (Lipinski definition) is 4. The van der Waals surface area contributed by atoms with E-state index in [1.807, 2.05) is 0 Å². The van der Waals surface area contributed by atoms with E-state index in [9.17, 15) is 4.39 Å². The van der Waals surface area contributed by atoms with Crippen LogP contribution in [0.3, 0.4) is 0 Å². The van der Waals surface area contributed by atoms with Crippen molar-refractivity contribution in [3.63, 3.8) is 0 Å². The van der Waals surface area contributed by atoms with E-state index in [0.717, 1.165) is 0 Å². The van der Waals surface area contributed by atoms with Gasteiger partial charge < -0.3 is 10.5 Å². The third kappa shape index (κ3) is 1.92. The first-order valence-electron chi connectivity index (χ1n) is 4.26. The summed E-state index contributed by atoms with van der Waals surface area (Å²) in [6.45, 7) is 0. The van der Waals surface area contributed by atoms with Crippen LogP contribution in [0.2, 0.25) is 0 Å². The Hall–Kier alpha value is -1.62. The van der Waals surface area contributed by atoms with Gasteiger partial charge in [0, 0.05) is 0 Å². The molecule has 2 aromatic rings. The quantitative estimate of drug-likeness (QED) is 0.852. The van der Waals surface area contributed by atoms with E-state index in [2.05, 4.69) is 4.98 Å². The minimum Gasteiger partial charge on any atom is -0.496 e. The van der Waals surface area contributed by atoms with Gasteiger partial charge in [0.15, 0.2) is 0 Å². The van der Waals surface area contributed by atoms with Gasteiger partial charge in [0.1, 0.15) is 21.6 Å². The van der Waals surface area contributed by atoms with Crippen LogP contribution in [0.25, 0.3) is 10.6 Å². The average Bonchev–Trinajstić information content (AvgIpc) is 2.65. The van der Waals surface area contributed by atoms with Gasteiger partial charge in [-0.15, -0.1) is 0 Å². The number of nitrogen functional groups attached to an aromatic ring is 1. The number of nitrogens with zero attached hydrogens (tertiary/aromatic N) is 1. The van der Waals surface area contributed by atoms with Gasteiger partial charge in [-0.3, -0.25) is 0 Å². The first-order chi connectivity index (χ1) is 7.20. The molecule has 0 amide bonds. The number of rotatable bonds is 2. The molecule has 0 unspecified atom stereocenters. The summed E-state index contributed by atoms with van der Waals surface area (Å²) in [4.78, 5) is 4.08. The largest absolute Gasteiger partial charge is 0.496 e. The standard InChI is InChI=1S/C10H9FN2OS/c1-14-8-3-2-6(11)4-7(8)10-13-5-9(12)15-10/h2-5H,12H2,1H3. The summed E-state index contributed by atoms with van der Waals surface area (Å²) in [5, 5.41) is 1.25. The normalized spacial score (nSPS) is 10.3. The molecule has 0 aliphatic carbocycles. The minimum atomic E-state index is -0.320. The van der Waals surface area contributed by atoms with E-state index >= 15 is 0 Å². The fourth-order valence-corrected chi connectivity index (χ4v) is 1.96. The number of aromatic nitrogens is 1. The second-order valence-corrected chi connectivity index (χ2v) is 3.97. The second-order valence-electron chi connectivity index (χ2n) is 2.91. The van der Waals surface area contributed by atoms with Gasteiger partial charge >= 0.3 is 0 Å². The number of hydrogen-bond donors (Lipinski definition) is 1. The van der Waals surface area contributed by atoms with Crippen LogP contribution in [-0.2, 0) is 0 Å². The predicted molar refractivity (Wildman–Crippen MR) is 58.5 cm³/mol. The van der Waals surface area contributed by atoms with Gasteiger partial charge in [0.25, 0.3) is 0 Å². The van der Waals surface area contributed by atoms with Crippen LogP contribution in [0.1, 0.15) is 0 Å². The van der Waals surface area contributed by atoms with Crippen molar-refractivity contribution in [1.29, 1.82) is 0 Å². The second kappa shape index (κ2) is 3.86. The fourth-order valence-electron chi connectivity index (χ4n) is 1.26. The van der Waals surface area contributed by atoms with Gasteiger partial charge in [-0.2, -0.15) is 0 Å². The molecule has 78 valence electrons. The van der Waals surface area contributed by atoms with Crippen LogP contribution in [-0.4, -0.2) is 12.1 Å².